The molecule has 0 saturated heterocycles. The Morgan fingerprint density at radius 1 is 1.41 bits per heavy atom. The Morgan fingerprint density at radius 2 is 2.18 bits per heavy atom. The summed E-state index contributed by atoms with van der Waals surface area (Å²) in [7, 11) is 0. The molecule has 0 bridgehead atoms. The third-order valence-corrected chi connectivity index (χ3v) is 2.86. The molecule has 0 spiro atoms. The first-order valence-electron chi connectivity index (χ1n) is 5.47. The summed E-state index contributed by atoms with van der Waals surface area (Å²) in [4.78, 5) is 25.0. The summed E-state index contributed by atoms with van der Waals surface area (Å²) in [5, 5.41) is 2.74. The van der Waals surface area contributed by atoms with Crippen LogP contribution in [-0.2, 0) is 9.59 Å². The van der Waals surface area contributed by atoms with Crippen LogP contribution in [0.2, 0.25) is 0 Å². The molecule has 0 aliphatic carbocycles. The second kappa shape index (κ2) is 5.19. The van der Waals surface area contributed by atoms with Crippen molar-refractivity contribution < 1.29 is 9.59 Å². The highest BCUT2D eigenvalue weighted by atomic mass is 35.5. The Morgan fingerprint density at radius 3 is 2.94 bits per heavy atom. The van der Waals surface area contributed by atoms with Crippen molar-refractivity contribution in [2.75, 3.05) is 22.6 Å². The van der Waals surface area contributed by atoms with Crippen LogP contribution in [0.1, 0.15) is 12.8 Å². The maximum atomic E-state index is 12.0. The molecule has 1 heterocycles. The molecule has 1 aromatic rings. The smallest absolute Gasteiger partial charge is 0.244 e. The van der Waals surface area contributed by atoms with E-state index in [1.54, 1.807) is 6.07 Å². The predicted octanol–water partition coefficient (Wildman–Crippen LogP) is 1.99. The molecule has 2 amide bonds. The number of amides is 2. The van der Waals surface area contributed by atoms with Gasteiger partial charge in [-0.25, -0.2) is 0 Å². The molecule has 2 rings (SSSR count). The molecule has 1 aliphatic heterocycles. The molecule has 0 radical (unpaired) electrons. The molecule has 90 valence electrons. The standard InChI is InChI=1S/C12H13ClN2O2/c13-7-3-6-12(17)15-8-11(16)14-9-4-1-2-5-10(9)15/h1-2,4-5H,3,6-8H2,(H,14,16). The maximum Gasteiger partial charge on any atom is 0.244 e. The van der Waals surface area contributed by atoms with Crippen LogP contribution in [-0.4, -0.2) is 24.2 Å². The average Bonchev–Trinajstić information content (AvgIpc) is 2.34. The van der Waals surface area contributed by atoms with Gasteiger partial charge in [-0.3, -0.25) is 9.59 Å². The Balaban J connectivity index is 2.23. The zero-order valence-corrected chi connectivity index (χ0v) is 10.0. The number of hydrogen-bond donors (Lipinski definition) is 1. The monoisotopic (exact) mass is 252 g/mol. The number of hydrogen-bond acceptors (Lipinski definition) is 2. The topological polar surface area (TPSA) is 49.4 Å². The lowest BCUT2D eigenvalue weighted by atomic mass is 10.1. The van der Waals surface area contributed by atoms with E-state index in [-0.39, 0.29) is 18.4 Å². The molecule has 1 aliphatic rings. The third kappa shape index (κ3) is 2.58. The second-order valence-corrected chi connectivity index (χ2v) is 4.22. The summed E-state index contributed by atoms with van der Waals surface area (Å²) in [6.45, 7) is 0.0815. The zero-order valence-electron chi connectivity index (χ0n) is 9.28. The van der Waals surface area contributed by atoms with E-state index in [1.807, 2.05) is 18.2 Å². The number of halogens is 1. The highest BCUT2D eigenvalue weighted by molar-refractivity contribution is 6.18. The number of carbonyl (C=O) groups excluding carboxylic acids is 2. The molecule has 0 saturated carbocycles. The molecular weight excluding hydrogens is 240 g/mol. The van der Waals surface area contributed by atoms with Gasteiger partial charge in [0.1, 0.15) is 6.54 Å². The average molecular weight is 253 g/mol. The number of anilines is 2. The van der Waals surface area contributed by atoms with E-state index in [4.69, 9.17) is 11.6 Å². The fourth-order valence-electron chi connectivity index (χ4n) is 1.81. The van der Waals surface area contributed by atoms with Crippen molar-refractivity contribution in [3.8, 4) is 0 Å². The molecule has 1 aromatic carbocycles. The van der Waals surface area contributed by atoms with Crippen LogP contribution in [0.5, 0.6) is 0 Å². The number of fused-ring (bicyclic) bond motifs is 1. The van der Waals surface area contributed by atoms with E-state index < -0.39 is 0 Å². The molecule has 17 heavy (non-hydrogen) atoms. The first kappa shape index (κ1) is 11.9. The zero-order chi connectivity index (χ0) is 12.3. The minimum atomic E-state index is -0.164. The van der Waals surface area contributed by atoms with Crippen molar-refractivity contribution in [2.45, 2.75) is 12.8 Å². The predicted molar refractivity (Wildman–Crippen MR) is 67.4 cm³/mol. The van der Waals surface area contributed by atoms with Gasteiger partial charge in [0, 0.05) is 12.3 Å². The van der Waals surface area contributed by atoms with Crippen molar-refractivity contribution in [1.82, 2.24) is 0 Å². The van der Waals surface area contributed by atoms with E-state index in [9.17, 15) is 9.59 Å². The molecule has 0 fully saturated rings. The van der Waals surface area contributed by atoms with Gasteiger partial charge in [-0.1, -0.05) is 12.1 Å². The molecule has 0 atom stereocenters. The van der Waals surface area contributed by atoms with Gasteiger partial charge in [-0.05, 0) is 18.6 Å². The van der Waals surface area contributed by atoms with Gasteiger partial charge in [0.2, 0.25) is 11.8 Å². The van der Waals surface area contributed by atoms with Crippen molar-refractivity contribution >= 4 is 34.8 Å². The summed E-state index contributed by atoms with van der Waals surface area (Å²) in [6.07, 6.45) is 0.992. The quantitative estimate of drug-likeness (QED) is 0.837. The van der Waals surface area contributed by atoms with E-state index in [2.05, 4.69) is 5.32 Å². The molecule has 0 aromatic heterocycles. The largest absolute Gasteiger partial charge is 0.323 e. The number of benzene rings is 1. The van der Waals surface area contributed by atoms with Crippen LogP contribution < -0.4 is 10.2 Å². The van der Waals surface area contributed by atoms with E-state index in [0.29, 0.717) is 24.4 Å². The van der Waals surface area contributed by atoms with Crippen molar-refractivity contribution in [2.24, 2.45) is 0 Å². The Bertz CT molecular complexity index is 448. The lowest BCUT2D eigenvalue weighted by molar-refractivity contribution is -0.121. The van der Waals surface area contributed by atoms with Crippen LogP contribution in [0, 0.1) is 0 Å². The molecule has 0 unspecified atom stereocenters. The first-order valence-corrected chi connectivity index (χ1v) is 6.01. The number of carbonyl (C=O) groups is 2. The number of nitrogens with one attached hydrogen (secondary N) is 1. The van der Waals surface area contributed by atoms with Crippen molar-refractivity contribution in [1.29, 1.82) is 0 Å². The van der Waals surface area contributed by atoms with Crippen LogP contribution in [0.4, 0.5) is 11.4 Å². The van der Waals surface area contributed by atoms with Crippen LogP contribution in [0.25, 0.3) is 0 Å². The van der Waals surface area contributed by atoms with Gasteiger partial charge in [-0.2, -0.15) is 0 Å². The van der Waals surface area contributed by atoms with Gasteiger partial charge in [0.05, 0.1) is 11.4 Å². The maximum absolute atomic E-state index is 12.0. The lowest BCUT2D eigenvalue weighted by Crippen LogP contribution is -2.42. The number of nitrogens with zero attached hydrogens (tertiary/aromatic N) is 1. The van der Waals surface area contributed by atoms with Crippen LogP contribution in [0.15, 0.2) is 24.3 Å². The van der Waals surface area contributed by atoms with Crippen LogP contribution >= 0.6 is 11.6 Å². The highest BCUT2D eigenvalue weighted by Gasteiger charge is 2.25. The number of para-hydroxylation sites is 2. The number of alkyl halides is 1. The summed E-state index contributed by atoms with van der Waals surface area (Å²) in [5.41, 5.74) is 1.44. The van der Waals surface area contributed by atoms with Gasteiger partial charge >= 0.3 is 0 Å². The van der Waals surface area contributed by atoms with Crippen LogP contribution in [0.3, 0.4) is 0 Å². The van der Waals surface area contributed by atoms with Gasteiger partial charge in [0.25, 0.3) is 0 Å². The summed E-state index contributed by atoms with van der Waals surface area (Å²) >= 11 is 5.56. The summed E-state index contributed by atoms with van der Waals surface area (Å²) in [6, 6.07) is 7.28. The van der Waals surface area contributed by atoms with Crippen molar-refractivity contribution in [3.63, 3.8) is 0 Å². The minimum Gasteiger partial charge on any atom is -0.323 e. The summed E-state index contributed by atoms with van der Waals surface area (Å²) in [5.74, 6) is 0.226. The van der Waals surface area contributed by atoms with E-state index in [0.717, 1.165) is 5.69 Å². The molecule has 4 nitrogen and oxygen atoms in total. The normalized spacial score (nSPS) is 14.2. The Labute approximate surface area is 105 Å². The molecule has 5 heteroatoms. The first-order chi connectivity index (χ1) is 8.22. The lowest BCUT2D eigenvalue weighted by Gasteiger charge is -2.29. The second-order valence-electron chi connectivity index (χ2n) is 3.84. The fourth-order valence-corrected chi connectivity index (χ4v) is 1.94. The summed E-state index contributed by atoms with van der Waals surface area (Å²) < 4.78 is 0. The SMILES string of the molecule is O=C1CN(C(=O)CCCCl)c2ccccc2N1. The number of rotatable bonds is 3. The molecule has 1 N–H and O–H groups in total. The Hall–Kier alpha value is -1.55. The minimum absolute atomic E-state index is 0.0621. The van der Waals surface area contributed by atoms with Gasteiger partial charge in [0.15, 0.2) is 0 Å². The Kier molecular flexibility index (Phi) is 3.64. The fraction of sp³-hybridized carbons (Fsp3) is 0.333. The van der Waals surface area contributed by atoms with E-state index >= 15 is 0 Å². The van der Waals surface area contributed by atoms with Gasteiger partial charge < -0.3 is 10.2 Å². The molecular formula is C12H13ClN2O2. The van der Waals surface area contributed by atoms with Gasteiger partial charge in [-0.15, -0.1) is 11.6 Å². The van der Waals surface area contributed by atoms with E-state index in [1.165, 1.54) is 4.90 Å². The third-order valence-electron chi connectivity index (χ3n) is 2.60. The van der Waals surface area contributed by atoms with Crippen molar-refractivity contribution in [3.05, 3.63) is 24.3 Å². The highest BCUT2D eigenvalue weighted by Crippen LogP contribution is 2.29.